The zero-order chi connectivity index (χ0) is 45.8. The van der Waals surface area contributed by atoms with Crippen LogP contribution in [0.1, 0.15) is 110 Å². The molecule has 0 aromatic heterocycles. The summed E-state index contributed by atoms with van der Waals surface area (Å²) in [6.45, 7) is 16.3. The predicted molar refractivity (Wildman–Crippen MR) is 236 cm³/mol. The summed E-state index contributed by atoms with van der Waals surface area (Å²) in [5.74, 6) is -2.92. The maximum atomic E-state index is 15.2. The summed E-state index contributed by atoms with van der Waals surface area (Å²) < 4.78 is 32.5. The Hall–Kier alpha value is -3.90. The summed E-state index contributed by atoms with van der Waals surface area (Å²) in [5, 5.41) is 22.9. The third kappa shape index (κ3) is 11.1. The number of urea groups is 1. The second-order valence-electron chi connectivity index (χ2n) is 19.2. The molecule has 5 amide bonds. The van der Waals surface area contributed by atoms with E-state index in [-0.39, 0.29) is 38.4 Å². The Morgan fingerprint density at radius 1 is 1.05 bits per heavy atom. The number of likely N-dealkylation sites (tertiary alicyclic amines) is 1. The molecule has 2 saturated carbocycles. The van der Waals surface area contributed by atoms with Gasteiger partial charge in [-0.2, -0.15) is 0 Å². The van der Waals surface area contributed by atoms with Gasteiger partial charge in [0.05, 0.1) is 23.9 Å². The fourth-order valence-electron chi connectivity index (χ4n) is 9.74. The molecule has 16 nitrogen and oxygen atoms in total. The maximum Gasteiger partial charge on any atom is 0.315 e. The van der Waals surface area contributed by atoms with Crippen molar-refractivity contribution in [2.75, 3.05) is 39.5 Å². The lowest BCUT2D eigenvalue weighted by atomic mass is 9.70. The molecule has 4 aliphatic rings. The minimum Gasteiger partial charge on any atom is -0.356 e. The van der Waals surface area contributed by atoms with Crippen LogP contribution in [0.3, 0.4) is 0 Å². The third-order valence-electron chi connectivity index (χ3n) is 14.4. The first-order chi connectivity index (χ1) is 29.0. The summed E-state index contributed by atoms with van der Waals surface area (Å²) in [4.78, 5) is 73.6. The van der Waals surface area contributed by atoms with Crippen LogP contribution in [0.5, 0.6) is 0 Å². The van der Waals surface area contributed by atoms with Gasteiger partial charge in [-0.1, -0.05) is 103 Å². The van der Waals surface area contributed by atoms with E-state index >= 15 is 4.79 Å². The summed E-state index contributed by atoms with van der Waals surface area (Å²) in [7, 11) is -2.10. The average molecular weight is 886 g/mol. The van der Waals surface area contributed by atoms with E-state index in [1.165, 1.54) is 21.8 Å². The Kier molecular flexibility index (Phi) is 15.7. The van der Waals surface area contributed by atoms with E-state index in [9.17, 15) is 32.7 Å². The van der Waals surface area contributed by atoms with Gasteiger partial charge in [0.1, 0.15) is 12.1 Å². The van der Waals surface area contributed by atoms with Crippen LogP contribution in [0.15, 0.2) is 36.4 Å². The number of hydrogen-bond acceptors (Lipinski definition) is 10. The number of nitrogens with one attached hydrogen (secondary N) is 4. The summed E-state index contributed by atoms with van der Waals surface area (Å²) in [6, 6.07) is 3.92. The average Bonchev–Trinajstić information content (AvgIpc) is 3.46. The number of ketones is 1. The number of benzene rings is 1. The second-order valence-corrected chi connectivity index (χ2v) is 21.3. The number of sulfonamides is 1. The quantitative estimate of drug-likeness (QED) is 0.0780. The number of rotatable bonds is 19. The van der Waals surface area contributed by atoms with Crippen molar-refractivity contribution in [3.05, 3.63) is 47.5 Å². The number of ether oxygens (including phenoxy) is 1. The van der Waals surface area contributed by atoms with Crippen molar-refractivity contribution < 1.29 is 42.2 Å². The van der Waals surface area contributed by atoms with Crippen LogP contribution in [0, 0.1) is 16.7 Å². The molecular weight excluding hydrogens is 815 g/mol. The van der Waals surface area contributed by atoms with Gasteiger partial charge in [0, 0.05) is 46.2 Å². The van der Waals surface area contributed by atoms with Gasteiger partial charge >= 0.3 is 6.03 Å². The molecule has 62 heavy (non-hydrogen) atoms. The number of unbranched alkanes of at least 4 members (excludes halogenated alkanes) is 1. The van der Waals surface area contributed by atoms with Gasteiger partial charge in [0.25, 0.3) is 5.91 Å². The molecule has 2 aliphatic heterocycles. The van der Waals surface area contributed by atoms with E-state index in [0.717, 1.165) is 31.1 Å². The first-order valence-corrected chi connectivity index (χ1v) is 24.1. The molecule has 3 fully saturated rings. The van der Waals surface area contributed by atoms with Crippen LogP contribution in [0.25, 0.3) is 0 Å². The van der Waals surface area contributed by atoms with Crippen molar-refractivity contribution in [1.29, 1.82) is 0 Å². The van der Waals surface area contributed by atoms with E-state index in [1.807, 2.05) is 52.8 Å². The van der Waals surface area contributed by atoms with E-state index in [2.05, 4.69) is 33.9 Å². The number of hydrogen-bond donors (Lipinski definition) is 5. The standard InChI is InChI=1S/C45H71N7O9S/c1-10-11-19-34(36(53)39(55)46-25-29(2)3)47-38(54)35-24-33(61-42(58)51-23-20-31-17-13-14-18-32(31)26-51)27-52(35)40(56)37(44(7)21-15-12-16-22-44)48-41(57)49-45(30(4)43(45,5)6)28-50(8)62(9,59)60/h13-14,17-18,30,33-35,37,42,58H,2,10-12,15-16,19-28H2,1,3-9H3,(H,46,55)(H,47,54)(H2,48,49,57)/t30?,33-,34?,35?,37-,42?,45?/m1/s1. The Labute approximate surface area is 368 Å². The monoisotopic (exact) mass is 886 g/mol. The molecule has 0 radical (unpaired) electrons. The van der Waals surface area contributed by atoms with Crippen LogP contribution in [0.4, 0.5) is 4.79 Å². The van der Waals surface area contributed by atoms with Gasteiger partial charge in [-0.25, -0.2) is 17.5 Å². The molecule has 17 heteroatoms. The highest BCUT2D eigenvalue weighted by molar-refractivity contribution is 7.88. The van der Waals surface area contributed by atoms with Crippen LogP contribution in [-0.4, -0.2) is 133 Å². The molecule has 1 saturated heterocycles. The topological polar surface area (TPSA) is 207 Å². The van der Waals surface area contributed by atoms with Crippen molar-refractivity contribution in [2.45, 2.75) is 148 Å². The first kappa shape index (κ1) is 49.1. The summed E-state index contributed by atoms with van der Waals surface area (Å²) in [5.41, 5.74) is 0.807. The lowest BCUT2D eigenvalue weighted by Crippen LogP contribution is -2.63. The van der Waals surface area contributed by atoms with Gasteiger partial charge in [-0.15, -0.1) is 0 Å². The normalized spacial score (nSPS) is 25.8. The third-order valence-corrected chi connectivity index (χ3v) is 15.6. The van der Waals surface area contributed by atoms with Gasteiger partial charge in [-0.3, -0.25) is 24.1 Å². The Balaban J connectivity index is 1.44. The highest BCUT2D eigenvalue weighted by Crippen LogP contribution is 2.61. The lowest BCUT2D eigenvalue weighted by Gasteiger charge is -2.42. The van der Waals surface area contributed by atoms with E-state index in [0.29, 0.717) is 50.8 Å². The molecule has 1 aromatic rings. The van der Waals surface area contributed by atoms with Gasteiger partial charge in [0.15, 0.2) is 0 Å². The number of Topliss-reactive ketones (excluding diaryl/α,β-unsaturated/α-hetero) is 1. The smallest absolute Gasteiger partial charge is 0.315 e. The minimum atomic E-state index is -3.58. The van der Waals surface area contributed by atoms with E-state index in [4.69, 9.17) is 4.74 Å². The fourth-order valence-corrected chi connectivity index (χ4v) is 10.2. The molecule has 0 bridgehead atoms. The Morgan fingerprint density at radius 3 is 2.29 bits per heavy atom. The van der Waals surface area contributed by atoms with Crippen molar-refractivity contribution in [3.63, 3.8) is 0 Å². The second kappa shape index (κ2) is 19.9. The Morgan fingerprint density at radius 2 is 1.69 bits per heavy atom. The van der Waals surface area contributed by atoms with Gasteiger partial charge < -0.3 is 36.0 Å². The van der Waals surface area contributed by atoms with Crippen LogP contribution in [-0.2, 0) is 46.9 Å². The van der Waals surface area contributed by atoms with Crippen LogP contribution < -0.4 is 21.3 Å². The molecule has 7 atom stereocenters. The molecule has 2 heterocycles. The number of carbonyl (C=O) groups is 5. The number of amides is 5. The summed E-state index contributed by atoms with van der Waals surface area (Å²) >= 11 is 0. The molecule has 5 N–H and O–H groups in total. The number of aliphatic hydroxyl groups is 1. The van der Waals surface area contributed by atoms with Gasteiger partial charge in [-0.05, 0) is 60.5 Å². The lowest BCUT2D eigenvalue weighted by molar-refractivity contribution is -0.219. The molecule has 5 unspecified atom stereocenters. The Bertz CT molecular complexity index is 1950. The van der Waals surface area contributed by atoms with Crippen molar-refractivity contribution in [3.8, 4) is 0 Å². The summed E-state index contributed by atoms with van der Waals surface area (Å²) in [6.07, 6.45) is 4.97. The number of nitrogens with zero attached hydrogens (tertiary/aromatic N) is 3. The zero-order valence-corrected chi connectivity index (χ0v) is 38.9. The minimum absolute atomic E-state index is 0.0160. The highest BCUT2D eigenvalue weighted by atomic mass is 32.2. The highest BCUT2D eigenvalue weighted by Gasteiger charge is 2.70. The maximum absolute atomic E-state index is 15.2. The van der Waals surface area contributed by atoms with Crippen LogP contribution >= 0.6 is 0 Å². The zero-order valence-electron chi connectivity index (χ0n) is 38.1. The number of fused-ring (bicyclic) bond motifs is 1. The van der Waals surface area contributed by atoms with Crippen LogP contribution in [0.2, 0.25) is 0 Å². The van der Waals surface area contributed by atoms with Crippen molar-refractivity contribution in [2.24, 2.45) is 16.7 Å². The van der Waals surface area contributed by atoms with Crippen molar-refractivity contribution >= 4 is 39.6 Å². The molecule has 2 aliphatic carbocycles. The van der Waals surface area contributed by atoms with E-state index in [1.54, 1.807) is 11.8 Å². The number of aliphatic hydroxyl groups excluding tert-OH is 1. The van der Waals surface area contributed by atoms with Crippen molar-refractivity contribution in [1.82, 2.24) is 35.4 Å². The molecule has 5 rings (SSSR count). The molecule has 346 valence electrons. The number of carbonyl (C=O) groups excluding carboxylic acids is 5. The molecule has 1 aromatic carbocycles. The van der Waals surface area contributed by atoms with Gasteiger partial charge in [0.2, 0.25) is 34.0 Å². The SMILES string of the molecule is C=C(C)CNC(=O)C(=O)C(CCCC)NC(=O)C1C[C@@H](OC(O)N2CCc3ccccc3C2)CN1C(=O)[C@@H](NC(=O)NC1(CN(C)S(C)(=O)=O)C(C)C1(C)C)C1(C)CCCCC1. The number of likely N-dealkylation sites (N-methyl/N-ethyl adjacent to an activating group) is 1. The van der Waals surface area contributed by atoms with E-state index < -0.39 is 86.6 Å². The predicted octanol–water partition coefficient (Wildman–Crippen LogP) is 3.19. The largest absolute Gasteiger partial charge is 0.356 e. The fraction of sp³-hybridized carbons (Fsp3) is 0.711. The molecule has 0 spiro atoms. The molecular formula is C45H71N7O9S. The first-order valence-electron chi connectivity index (χ1n) is 22.3.